The Labute approximate surface area is 243 Å². The van der Waals surface area contributed by atoms with E-state index in [1.54, 1.807) is 18.3 Å². The Morgan fingerprint density at radius 2 is 1.61 bits per heavy atom. The van der Waals surface area contributed by atoms with Crippen molar-refractivity contribution < 1.29 is 18.7 Å². The van der Waals surface area contributed by atoms with Gasteiger partial charge >= 0.3 is 5.97 Å². The topological polar surface area (TPSA) is 76.8 Å². The summed E-state index contributed by atoms with van der Waals surface area (Å²) < 4.78 is 17.5. The average molecular weight is 562 g/mol. The number of aromatic nitrogens is 1. The van der Waals surface area contributed by atoms with Crippen LogP contribution >= 0.6 is 12.2 Å². The van der Waals surface area contributed by atoms with Gasteiger partial charge in [0.05, 0.1) is 24.4 Å². The monoisotopic (exact) mass is 561 g/mol. The number of pyridine rings is 1. The molecule has 8 heteroatoms. The summed E-state index contributed by atoms with van der Waals surface area (Å²) in [4.78, 5) is 19.1. The maximum Gasteiger partial charge on any atom is 0.338 e. The van der Waals surface area contributed by atoms with E-state index >= 15 is 0 Å². The van der Waals surface area contributed by atoms with Crippen molar-refractivity contribution >= 4 is 29.0 Å². The zero-order chi connectivity index (χ0) is 28.3. The number of anilines is 1. The van der Waals surface area contributed by atoms with Gasteiger partial charge in [-0.1, -0.05) is 42.0 Å². The third-order valence-corrected chi connectivity index (χ3v) is 7.30. The van der Waals surface area contributed by atoms with Crippen LogP contribution in [-0.4, -0.2) is 23.2 Å². The van der Waals surface area contributed by atoms with Crippen LogP contribution in [0.25, 0.3) is 11.3 Å². The van der Waals surface area contributed by atoms with Crippen LogP contribution in [0.1, 0.15) is 39.5 Å². The lowest BCUT2D eigenvalue weighted by molar-refractivity contribution is 0.0601. The first kappa shape index (κ1) is 26.3. The molecule has 2 atom stereocenters. The van der Waals surface area contributed by atoms with Gasteiger partial charge in [-0.15, -0.1) is 0 Å². The molecule has 0 bridgehead atoms. The minimum absolute atomic E-state index is 0.276. The van der Waals surface area contributed by atoms with Crippen molar-refractivity contribution in [3.63, 3.8) is 0 Å². The van der Waals surface area contributed by atoms with Crippen molar-refractivity contribution in [3.8, 4) is 22.8 Å². The number of rotatable bonds is 7. The quantitative estimate of drug-likeness (QED) is 0.163. The standard InChI is InChI=1S/C33H27N3O4S/c1-21-10-14-23(15-11-21)39-24-16-12-22(13-17-24)36-31(30(35-33(36)41)27-9-5-6-20-34-27)29-19-18-28(40-29)25-7-3-4-8-26(25)32(37)38-2/h3-20,30-31H,1-2H3,(H,35,41)/t30-,31-/m1/s1. The second-order valence-corrected chi connectivity index (χ2v) is 10.0. The smallest absolute Gasteiger partial charge is 0.338 e. The van der Waals surface area contributed by atoms with Crippen LogP contribution in [0.3, 0.4) is 0 Å². The fraction of sp³-hybridized carbons (Fsp3) is 0.121. The molecule has 7 nitrogen and oxygen atoms in total. The highest BCUT2D eigenvalue weighted by Crippen LogP contribution is 2.43. The number of benzene rings is 3. The molecule has 41 heavy (non-hydrogen) atoms. The first-order chi connectivity index (χ1) is 20.0. The lowest BCUT2D eigenvalue weighted by atomic mass is 10.0. The molecule has 6 rings (SSSR count). The van der Waals surface area contributed by atoms with E-state index in [0.29, 0.717) is 33.5 Å². The molecule has 1 saturated heterocycles. The Morgan fingerprint density at radius 3 is 2.32 bits per heavy atom. The van der Waals surface area contributed by atoms with Gasteiger partial charge in [0.1, 0.15) is 29.1 Å². The molecule has 0 aliphatic carbocycles. The lowest BCUT2D eigenvalue weighted by Gasteiger charge is -2.26. The summed E-state index contributed by atoms with van der Waals surface area (Å²) in [5.74, 6) is 2.28. The van der Waals surface area contributed by atoms with E-state index in [2.05, 4.69) is 10.3 Å². The first-order valence-electron chi connectivity index (χ1n) is 13.1. The number of hydrogen-bond acceptors (Lipinski definition) is 6. The molecule has 1 aliphatic heterocycles. The molecule has 1 N–H and O–H groups in total. The molecule has 2 aromatic heterocycles. The Balaban J connectivity index is 1.36. The number of methoxy groups -OCH3 is 1. The van der Waals surface area contributed by atoms with Gasteiger partial charge < -0.3 is 24.1 Å². The molecule has 5 aromatic rings. The molecule has 3 heterocycles. The first-order valence-corrected chi connectivity index (χ1v) is 13.6. The maximum absolute atomic E-state index is 12.4. The molecule has 1 aliphatic rings. The maximum atomic E-state index is 12.4. The van der Waals surface area contributed by atoms with Crippen LogP contribution in [0, 0.1) is 6.92 Å². The van der Waals surface area contributed by atoms with Gasteiger partial charge in [-0.3, -0.25) is 4.98 Å². The van der Waals surface area contributed by atoms with E-state index in [4.69, 9.17) is 26.1 Å². The second kappa shape index (κ2) is 11.3. The van der Waals surface area contributed by atoms with Crippen molar-refractivity contribution in [1.29, 1.82) is 0 Å². The second-order valence-electron chi connectivity index (χ2n) is 9.64. The Hall–Kier alpha value is -4.95. The van der Waals surface area contributed by atoms with E-state index in [-0.39, 0.29) is 12.1 Å². The molecule has 1 fully saturated rings. The van der Waals surface area contributed by atoms with Crippen molar-refractivity contribution in [3.05, 3.63) is 132 Å². The molecular formula is C33H27N3O4S. The number of esters is 1. The molecule has 0 spiro atoms. The predicted molar refractivity (Wildman–Crippen MR) is 161 cm³/mol. The van der Waals surface area contributed by atoms with Crippen molar-refractivity contribution in [2.75, 3.05) is 12.0 Å². The van der Waals surface area contributed by atoms with Gasteiger partial charge in [-0.2, -0.15) is 0 Å². The van der Waals surface area contributed by atoms with E-state index < -0.39 is 5.97 Å². The van der Waals surface area contributed by atoms with Crippen LogP contribution in [0.4, 0.5) is 5.69 Å². The highest BCUT2D eigenvalue weighted by Gasteiger charge is 2.42. The van der Waals surface area contributed by atoms with Gasteiger partial charge in [-0.25, -0.2) is 4.79 Å². The lowest BCUT2D eigenvalue weighted by Crippen LogP contribution is -2.29. The Bertz CT molecular complexity index is 1680. The fourth-order valence-corrected chi connectivity index (χ4v) is 5.33. The third kappa shape index (κ3) is 5.29. The summed E-state index contributed by atoms with van der Waals surface area (Å²) in [6.45, 7) is 2.04. The van der Waals surface area contributed by atoms with Crippen LogP contribution in [-0.2, 0) is 4.74 Å². The number of hydrogen-bond donors (Lipinski definition) is 1. The summed E-state index contributed by atoms with van der Waals surface area (Å²) >= 11 is 5.85. The molecule has 0 radical (unpaired) electrons. The van der Waals surface area contributed by atoms with Crippen molar-refractivity contribution in [2.45, 2.75) is 19.0 Å². The molecule has 0 unspecified atom stereocenters. The van der Waals surface area contributed by atoms with Crippen LogP contribution in [0.5, 0.6) is 11.5 Å². The molecule has 0 saturated carbocycles. The highest BCUT2D eigenvalue weighted by molar-refractivity contribution is 7.80. The summed E-state index contributed by atoms with van der Waals surface area (Å²) in [5.41, 5.74) is 3.95. The Kier molecular flexibility index (Phi) is 7.22. The van der Waals surface area contributed by atoms with Crippen LogP contribution in [0.15, 0.2) is 114 Å². The zero-order valence-electron chi connectivity index (χ0n) is 22.5. The highest BCUT2D eigenvalue weighted by atomic mass is 32.1. The number of nitrogens with zero attached hydrogens (tertiary/aromatic N) is 2. The molecular weight excluding hydrogens is 534 g/mol. The van der Waals surface area contributed by atoms with Crippen LogP contribution < -0.4 is 15.0 Å². The summed E-state index contributed by atoms with van der Waals surface area (Å²) in [7, 11) is 1.37. The van der Waals surface area contributed by atoms with E-state index in [1.165, 1.54) is 12.7 Å². The van der Waals surface area contributed by atoms with Gasteiger partial charge in [0.15, 0.2) is 5.11 Å². The average Bonchev–Trinajstić information content (AvgIpc) is 3.63. The number of aryl methyl sites for hydroxylation is 1. The fourth-order valence-electron chi connectivity index (χ4n) is 4.98. The third-order valence-electron chi connectivity index (χ3n) is 6.99. The summed E-state index contributed by atoms with van der Waals surface area (Å²) in [6.07, 6.45) is 1.76. The van der Waals surface area contributed by atoms with Crippen molar-refractivity contribution in [2.24, 2.45) is 0 Å². The minimum Gasteiger partial charge on any atom is -0.465 e. The van der Waals surface area contributed by atoms with Gasteiger partial charge in [0, 0.05) is 17.4 Å². The van der Waals surface area contributed by atoms with Gasteiger partial charge in [0.2, 0.25) is 0 Å². The number of nitrogens with one attached hydrogen (secondary N) is 1. The minimum atomic E-state index is -0.428. The Morgan fingerprint density at radius 1 is 0.902 bits per heavy atom. The van der Waals surface area contributed by atoms with Gasteiger partial charge in [-0.05, 0) is 85.9 Å². The number of ether oxygens (including phenoxy) is 2. The van der Waals surface area contributed by atoms with Gasteiger partial charge in [0.25, 0.3) is 0 Å². The predicted octanol–water partition coefficient (Wildman–Crippen LogP) is 7.41. The number of carbonyl (C=O) groups excluding carboxylic acids is 1. The zero-order valence-corrected chi connectivity index (χ0v) is 23.3. The number of thiocarbonyl (C=S) groups is 1. The summed E-state index contributed by atoms with van der Waals surface area (Å²) in [5, 5.41) is 3.99. The van der Waals surface area contributed by atoms with Crippen LogP contribution in [0.2, 0.25) is 0 Å². The largest absolute Gasteiger partial charge is 0.465 e. The van der Waals surface area contributed by atoms with E-state index in [1.807, 2.05) is 103 Å². The van der Waals surface area contributed by atoms with Crippen molar-refractivity contribution in [1.82, 2.24) is 10.3 Å². The number of carbonyl (C=O) groups is 1. The normalized spacial score (nSPS) is 16.3. The number of furan rings is 1. The molecule has 0 amide bonds. The SMILES string of the molecule is COC(=O)c1ccccc1-c1ccc([C@@H]2[C@@H](c3ccccn3)NC(=S)N2c2ccc(Oc3ccc(C)cc3)cc2)o1. The molecule has 3 aromatic carbocycles. The summed E-state index contributed by atoms with van der Waals surface area (Å²) in [6, 6.07) is 31.9. The van der Waals surface area contributed by atoms with E-state index in [9.17, 15) is 4.79 Å². The van der Waals surface area contributed by atoms with E-state index in [0.717, 1.165) is 17.1 Å². The molecule has 204 valence electrons.